The maximum atomic E-state index is 12.4. The molecule has 1 fully saturated rings. The number of rotatable bonds is 5. The second kappa shape index (κ2) is 8.53. The van der Waals surface area contributed by atoms with E-state index in [1.54, 1.807) is 48.2 Å². The minimum atomic E-state index is -0.638. The summed E-state index contributed by atoms with van der Waals surface area (Å²) in [6.45, 7) is 2.76. The van der Waals surface area contributed by atoms with Crippen molar-refractivity contribution in [3.63, 3.8) is 0 Å². The highest BCUT2D eigenvalue weighted by atomic mass is 16.3. The van der Waals surface area contributed by atoms with Crippen LogP contribution in [-0.2, 0) is 4.79 Å². The summed E-state index contributed by atoms with van der Waals surface area (Å²) in [5, 5.41) is 5.66. The first kappa shape index (κ1) is 18.7. The monoisotopic (exact) mass is 369 g/mol. The average Bonchev–Trinajstić information content (AvgIpc) is 3.23. The van der Waals surface area contributed by atoms with Gasteiger partial charge in [-0.25, -0.2) is 0 Å². The van der Waals surface area contributed by atoms with Crippen LogP contribution in [0.25, 0.3) is 0 Å². The predicted molar refractivity (Wildman–Crippen MR) is 99.1 cm³/mol. The molecular formula is C20H23N3O4. The lowest BCUT2D eigenvalue weighted by Gasteiger charge is -2.32. The van der Waals surface area contributed by atoms with Crippen LogP contribution in [-0.4, -0.2) is 47.8 Å². The fourth-order valence-corrected chi connectivity index (χ4v) is 3.04. The largest absolute Gasteiger partial charge is 0.459 e. The fourth-order valence-electron chi connectivity index (χ4n) is 3.04. The molecule has 3 rings (SSSR count). The lowest BCUT2D eigenvalue weighted by molar-refractivity contribution is -0.123. The summed E-state index contributed by atoms with van der Waals surface area (Å²) in [6.07, 6.45) is 2.81. The maximum absolute atomic E-state index is 12.4. The number of piperidine rings is 1. The Bertz CT molecular complexity index is 781. The standard InChI is InChI=1S/C20H23N3O4/c1-14(21-19(25)15-6-3-2-4-7-15)18(24)22-16-9-11-23(12-10-16)20(26)17-8-5-13-27-17/h2-8,13-14,16H,9-12H2,1H3,(H,21,25)(H,22,24). The lowest BCUT2D eigenvalue weighted by atomic mass is 10.0. The zero-order valence-corrected chi connectivity index (χ0v) is 15.2. The number of nitrogens with one attached hydrogen (secondary N) is 2. The molecule has 1 aliphatic heterocycles. The minimum absolute atomic E-state index is 0.0192. The molecule has 0 bridgehead atoms. The first-order valence-corrected chi connectivity index (χ1v) is 9.03. The molecule has 142 valence electrons. The molecule has 0 saturated carbocycles. The van der Waals surface area contributed by atoms with Gasteiger partial charge in [0.25, 0.3) is 11.8 Å². The van der Waals surface area contributed by atoms with E-state index in [0.717, 1.165) is 0 Å². The molecule has 1 saturated heterocycles. The van der Waals surface area contributed by atoms with Crippen molar-refractivity contribution in [3.05, 3.63) is 60.1 Å². The summed E-state index contributed by atoms with van der Waals surface area (Å²) in [5.74, 6) is -0.310. The summed E-state index contributed by atoms with van der Waals surface area (Å²) in [4.78, 5) is 38.5. The Morgan fingerprint density at radius 2 is 1.78 bits per heavy atom. The van der Waals surface area contributed by atoms with Crippen molar-refractivity contribution in [2.24, 2.45) is 0 Å². The van der Waals surface area contributed by atoms with Crippen LogP contribution in [0.5, 0.6) is 0 Å². The molecule has 27 heavy (non-hydrogen) atoms. The molecular weight excluding hydrogens is 346 g/mol. The Morgan fingerprint density at radius 1 is 1.07 bits per heavy atom. The fraction of sp³-hybridized carbons (Fsp3) is 0.350. The number of carbonyl (C=O) groups excluding carboxylic acids is 3. The summed E-state index contributed by atoms with van der Waals surface area (Å²) in [5.41, 5.74) is 0.516. The van der Waals surface area contributed by atoms with Crippen LogP contribution in [0.1, 0.15) is 40.7 Å². The van der Waals surface area contributed by atoms with Crippen LogP contribution in [0, 0.1) is 0 Å². The summed E-state index contributed by atoms with van der Waals surface area (Å²) in [6, 6.07) is 11.5. The van der Waals surface area contributed by atoms with Crippen molar-refractivity contribution in [3.8, 4) is 0 Å². The topological polar surface area (TPSA) is 91.7 Å². The lowest BCUT2D eigenvalue weighted by Crippen LogP contribution is -2.51. The Labute approximate surface area is 157 Å². The van der Waals surface area contributed by atoms with E-state index in [-0.39, 0.29) is 23.8 Å². The van der Waals surface area contributed by atoms with Gasteiger partial charge in [0.05, 0.1) is 6.26 Å². The van der Waals surface area contributed by atoms with Gasteiger partial charge in [-0.2, -0.15) is 0 Å². The summed E-state index contributed by atoms with van der Waals surface area (Å²) in [7, 11) is 0. The van der Waals surface area contributed by atoms with Crippen molar-refractivity contribution in [2.75, 3.05) is 13.1 Å². The Balaban J connectivity index is 1.45. The quantitative estimate of drug-likeness (QED) is 0.841. The van der Waals surface area contributed by atoms with Crippen LogP contribution in [0.2, 0.25) is 0 Å². The number of nitrogens with zero attached hydrogens (tertiary/aromatic N) is 1. The van der Waals surface area contributed by atoms with E-state index in [1.165, 1.54) is 6.26 Å². The normalized spacial score (nSPS) is 15.8. The van der Waals surface area contributed by atoms with Crippen molar-refractivity contribution in [1.29, 1.82) is 0 Å². The van der Waals surface area contributed by atoms with Crippen LogP contribution in [0.4, 0.5) is 0 Å². The van der Waals surface area contributed by atoms with E-state index in [9.17, 15) is 14.4 Å². The molecule has 1 aromatic carbocycles. The number of furan rings is 1. The van der Waals surface area contributed by atoms with E-state index in [2.05, 4.69) is 10.6 Å². The third kappa shape index (κ3) is 4.75. The number of hydrogen-bond acceptors (Lipinski definition) is 4. The summed E-state index contributed by atoms with van der Waals surface area (Å²) < 4.78 is 5.14. The van der Waals surface area contributed by atoms with E-state index in [4.69, 9.17) is 4.42 Å². The van der Waals surface area contributed by atoms with Gasteiger partial charge in [0, 0.05) is 24.7 Å². The van der Waals surface area contributed by atoms with Crippen molar-refractivity contribution in [2.45, 2.75) is 31.8 Å². The van der Waals surface area contributed by atoms with Gasteiger partial charge in [0.2, 0.25) is 5.91 Å². The zero-order valence-electron chi connectivity index (χ0n) is 15.2. The SMILES string of the molecule is CC(NC(=O)c1ccccc1)C(=O)NC1CCN(C(=O)c2ccco2)CC1. The first-order chi connectivity index (χ1) is 13.0. The zero-order chi connectivity index (χ0) is 19.2. The van der Waals surface area contributed by atoms with Gasteiger partial charge < -0.3 is 20.0 Å². The van der Waals surface area contributed by atoms with Gasteiger partial charge in [-0.1, -0.05) is 18.2 Å². The van der Waals surface area contributed by atoms with E-state index < -0.39 is 6.04 Å². The molecule has 1 unspecified atom stereocenters. The van der Waals surface area contributed by atoms with E-state index >= 15 is 0 Å². The molecule has 0 aliphatic carbocycles. The van der Waals surface area contributed by atoms with Crippen LogP contribution >= 0.6 is 0 Å². The van der Waals surface area contributed by atoms with Gasteiger partial charge in [0.15, 0.2) is 5.76 Å². The molecule has 2 heterocycles. The van der Waals surface area contributed by atoms with Gasteiger partial charge >= 0.3 is 0 Å². The number of likely N-dealkylation sites (tertiary alicyclic amines) is 1. The van der Waals surface area contributed by atoms with Crippen molar-refractivity contribution in [1.82, 2.24) is 15.5 Å². The number of amides is 3. The molecule has 7 heteroatoms. The molecule has 2 aromatic rings. The molecule has 2 N–H and O–H groups in total. The third-order valence-electron chi connectivity index (χ3n) is 4.64. The highest BCUT2D eigenvalue weighted by Gasteiger charge is 2.27. The average molecular weight is 369 g/mol. The second-order valence-corrected chi connectivity index (χ2v) is 6.61. The minimum Gasteiger partial charge on any atom is -0.459 e. The van der Waals surface area contributed by atoms with Crippen molar-refractivity contribution >= 4 is 17.7 Å². The van der Waals surface area contributed by atoms with Gasteiger partial charge in [-0.05, 0) is 44.0 Å². The first-order valence-electron chi connectivity index (χ1n) is 9.03. The smallest absolute Gasteiger partial charge is 0.289 e. The predicted octanol–water partition coefficient (Wildman–Crippen LogP) is 1.82. The second-order valence-electron chi connectivity index (χ2n) is 6.61. The molecule has 1 aromatic heterocycles. The molecule has 1 aliphatic rings. The molecule has 1 atom stereocenters. The molecule has 3 amide bonds. The van der Waals surface area contributed by atoms with E-state index in [1.807, 2.05) is 6.07 Å². The van der Waals surface area contributed by atoms with Crippen LogP contribution in [0.3, 0.4) is 0 Å². The van der Waals surface area contributed by atoms with Gasteiger partial charge in [-0.15, -0.1) is 0 Å². The van der Waals surface area contributed by atoms with Crippen LogP contribution in [0.15, 0.2) is 53.1 Å². The molecule has 7 nitrogen and oxygen atoms in total. The van der Waals surface area contributed by atoms with Gasteiger partial charge in [-0.3, -0.25) is 14.4 Å². The Kier molecular flexibility index (Phi) is 5.90. The highest BCUT2D eigenvalue weighted by Crippen LogP contribution is 2.14. The Hall–Kier alpha value is -3.09. The summed E-state index contributed by atoms with van der Waals surface area (Å²) >= 11 is 0. The Morgan fingerprint density at radius 3 is 2.41 bits per heavy atom. The van der Waals surface area contributed by atoms with E-state index in [0.29, 0.717) is 37.3 Å². The van der Waals surface area contributed by atoms with Gasteiger partial charge in [0.1, 0.15) is 6.04 Å². The van der Waals surface area contributed by atoms with Crippen LogP contribution < -0.4 is 10.6 Å². The number of benzene rings is 1. The number of hydrogen-bond donors (Lipinski definition) is 2. The molecule has 0 spiro atoms. The maximum Gasteiger partial charge on any atom is 0.289 e. The molecule has 0 radical (unpaired) electrons. The highest BCUT2D eigenvalue weighted by molar-refractivity contribution is 5.97. The third-order valence-corrected chi connectivity index (χ3v) is 4.64. The number of carbonyl (C=O) groups is 3. The van der Waals surface area contributed by atoms with Crippen molar-refractivity contribution < 1.29 is 18.8 Å².